The first-order chi connectivity index (χ1) is 12.0. The average Bonchev–Trinajstić information content (AvgIpc) is 2.62. The molecular weight excluding hydrogens is 380 g/mol. The quantitative estimate of drug-likeness (QED) is 0.822. The molecule has 1 aromatic carbocycles. The maximum atomic E-state index is 12.3. The van der Waals surface area contributed by atoms with E-state index in [0.717, 1.165) is 22.8 Å². The molecule has 1 N–H and O–H groups in total. The Morgan fingerprint density at radius 1 is 1.20 bits per heavy atom. The molecule has 2 aromatic rings. The second-order valence-electron chi connectivity index (χ2n) is 5.57. The molecule has 2 heterocycles. The molecule has 1 aromatic heterocycles. The molecule has 1 fully saturated rings. The minimum absolute atomic E-state index is 0.0263. The van der Waals surface area contributed by atoms with Crippen LogP contribution in [-0.4, -0.2) is 55.5 Å². The number of rotatable bonds is 5. The predicted octanol–water partition coefficient (Wildman–Crippen LogP) is 1.37. The zero-order valence-corrected chi connectivity index (χ0v) is 15.9. The van der Waals surface area contributed by atoms with Gasteiger partial charge >= 0.3 is 0 Å². The maximum absolute atomic E-state index is 12.3. The first-order valence-electron chi connectivity index (χ1n) is 7.84. The van der Waals surface area contributed by atoms with Crippen LogP contribution >= 0.6 is 23.1 Å². The van der Waals surface area contributed by atoms with Crippen molar-refractivity contribution in [2.75, 3.05) is 36.9 Å². The third-order valence-electron chi connectivity index (χ3n) is 3.90. The molecule has 1 saturated heterocycles. The summed E-state index contributed by atoms with van der Waals surface area (Å²) in [5, 5.41) is 3.89. The standard InChI is InChI=1S/C16H18N2O4S3/c19-15(14-11-12-3-1-2-4-13(12)16(20)24-14)17-5-10-25(21,22)18-6-8-23-9-7-18/h1-4,11H,5-10H2,(H,17,19). The Hall–Kier alpha value is -1.42. The summed E-state index contributed by atoms with van der Waals surface area (Å²) in [6, 6.07) is 8.74. The first-order valence-corrected chi connectivity index (χ1v) is 11.4. The monoisotopic (exact) mass is 398 g/mol. The fourth-order valence-corrected chi connectivity index (χ4v) is 5.92. The van der Waals surface area contributed by atoms with E-state index in [2.05, 4.69) is 5.32 Å². The van der Waals surface area contributed by atoms with Gasteiger partial charge in [0.15, 0.2) is 0 Å². The minimum Gasteiger partial charge on any atom is -0.350 e. The number of sulfonamides is 1. The largest absolute Gasteiger partial charge is 0.350 e. The Bertz CT molecular complexity index is 934. The zero-order chi connectivity index (χ0) is 17.9. The topological polar surface area (TPSA) is 83.6 Å². The van der Waals surface area contributed by atoms with Gasteiger partial charge in [0.2, 0.25) is 14.8 Å². The summed E-state index contributed by atoms with van der Waals surface area (Å²) < 4.78 is 25.8. The molecule has 1 aliphatic rings. The molecule has 1 amide bonds. The lowest BCUT2D eigenvalue weighted by atomic mass is 10.2. The summed E-state index contributed by atoms with van der Waals surface area (Å²) in [5.74, 6) is 1.05. The molecular formula is C16H18N2O4S3. The number of benzene rings is 1. The summed E-state index contributed by atoms with van der Waals surface area (Å²) in [4.78, 5) is 24.6. The lowest BCUT2D eigenvalue weighted by Crippen LogP contribution is -2.41. The Balaban J connectivity index is 1.64. The second kappa shape index (κ2) is 7.86. The van der Waals surface area contributed by atoms with Crippen molar-refractivity contribution in [3.63, 3.8) is 0 Å². The molecule has 1 aliphatic heterocycles. The second-order valence-corrected chi connectivity index (χ2v) is 9.90. The van der Waals surface area contributed by atoms with Gasteiger partial charge in [0.25, 0.3) is 5.91 Å². The Labute approximate surface area is 154 Å². The molecule has 0 unspecified atom stereocenters. The number of fused-ring (bicyclic) bond motifs is 1. The van der Waals surface area contributed by atoms with Gasteiger partial charge in [-0.3, -0.25) is 9.59 Å². The van der Waals surface area contributed by atoms with Crippen LogP contribution in [0.1, 0.15) is 9.67 Å². The highest BCUT2D eigenvalue weighted by Gasteiger charge is 2.24. The van der Waals surface area contributed by atoms with Gasteiger partial charge in [0.1, 0.15) is 0 Å². The van der Waals surface area contributed by atoms with Crippen LogP contribution in [0.15, 0.2) is 35.1 Å². The summed E-state index contributed by atoms with van der Waals surface area (Å²) in [6.45, 7) is 1.07. The van der Waals surface area contributed by atoms with Gasteiger partial charge in [0, 0.05) is 36.5 Å². The lowest BCUT2D eigenvalue weighted by molar-refractivity contribution is 0.0960. The summed E-state index contributed by atoms with van der Waals surface area (Å²) in [6.07, 6.45) is 0. The number of hydrogen-bond acceptors (Lipinski definition) is 6. The summed E-state index contributed by atoms with van der Waals surface area (Å²) in [7, 11) is -3.36. The number of amides is 1. The highest BCUT2D eigenvalue weighted by molar-refractivity contribution is 7.99. The number of thioether (sulfide) groups is 1. The van der Waals surface area contributed by atoms with E-state index in [-0.39, 0.29) is 21.9 Å². The molecule has 0 bridgehead atoms. The normalized spacial score (nSPS) is 16.0. The van der Waals surface area contributed by atoms with E-state index in [1.165, 1.54) is 4.31 Å². The van der Waals surface area contributed by atoms with E-state index < -0.39 is 15.9 Å². The van der Waals surface area contributed by atoms with Crippen LogP contribution in [0.25, 0.3) is 10.8 Å². The molecule has 134 valence electrons. The predicted molar refractivity (Wildman–Crippen MR) is 103 cm³/mol. The van der Waals surface area contributed by atoms with Crippen molar-refractivity contribution in [3.8, 4) is 0 Å². The maximum Gasteiger partial charge on any atom is 0.261 e. The number of carbonyl (C=O) groups excluding carboxylic acids is 1. The van der Waals surface area contributed by atoms with Gasteiger partial charge in [-0.1, -0.05) is 29.5 Å². The highest BCUT2D eigenvalue weighted by Crippen LogP contribution is 2.15. The smallest absolute Gasteiger partial charge is 0.261 e. The fourth-order valence-electron chi connectivity index (χ4n) is 2.58. The molecule has 0 atom stereocenters. The van der Waals surface area contributed by atoms with Crippen LogP contribution in [0.4, 0.5) is 0 Å². The summed E-state index contributed by atoms with van der Waals surface area (Å²) >= 11 is 2.61. The van der Waals surface area contributed by atoms with Gasteiger partial charge in [-0.05, 0) is 17.5 Å². The molecule has 0 aliphatic carbocycles. The molecule has 6 nitrogen and oxygen atoms in total. The Morgan fingerprint density at radius 2 is 1.92 bits per heavy atom. The zero-order valence-electron chi connectivity index (χ0n) is 13.4. The van der Waals surface area contributed by atoms with Gasteiger partial charge in [0.05, 0.1) is 10.6 Å². The molecule has 25 heavy (non-hydrogen) atoms. The molecule has 0 spiro atoms. The molecule has 9 heteroatoms. The van der Waals surface area contributed by atoms with Crippen molar-refractivity contribution >= 4 is 49.8 Å². The van der Waals surface area contributed by atoms with Crippen LogP contribution in [0.2, 0.25) is 0 Å². The minimum atomic E-state index is -3.36. The van der Waals surface area contributed by atoms with Gasteiger partial charge in [-0.25, -0.2) is 12.7 Å². The lowest BCUT2D eigenvalue weighted by Gasteiger charge is -2.25. The van der Waals surface area contributed by atoms with Crippen molar-refractivity contribution in [1.82, 2.24) is 9.62 Å². The van der Waals surface area contributed by atoms with Crippen molar-refractivity contribution in [3.05, 3.63) is 44.7 Å². The van der Waals surface area contributed by atoms with E-state index in [9.17, 15) is 18.0 Å². The number of nitrogens with zero attached hydrogens (tertiary/aromatic N) is 1. The number of nitrogens with one attached hydrogen (secondary N) is 1. The van der Waals surface area contributed by atoms with Gasteiger partial charge < -0.3 is 5.32 Å². The fraction of sp³-hybridized carbons (Fsp3) is 0.375. The third kappa shape index (κ3) is 4.41. The number of hydrogen-bond donors (Lipinski definition) is 1. The van der Waals surface area contributed by atoms with E-state index in [4.69, 9.17) is 0 Å². The average molecular weight is 399 g/mol. The van der Waals surface area contributed by atoms with E-state index in [1.807, 2.05) is 0 Å². The molecule has 0 saturated carbocycles. The molecule has 0 radical (unpaired) electrons. The van der Waals surface area contributed by atoms with Crippen LogP contribution < -0.4 is 10.1 Å². The third-order valence-corrected chi connectivity index (χ3v) is 7.65. The van der Waals surface area contributed by atoms with Crippen molar-refractivity contribution in [1.29, 1.82) is 0 Å². The van der Waals surface area contributed by atoms with Crippen LogP contribution in [0, 0.1) is 0 Å². The Kier molecular flexibility index (Phi) is 5.78. The van der Waals surface area contributed by atoms with Gasteiger partial charge in [-0.2, -0.15) is 11.8 Å². The van der Waals surface area contributed by atoms with Crippen LogP contribution in [0.3, 0.4) is 0 Å². The van der Waals surface area contributed by atoms with E-state index in [0.29, 0.717) is 23.9 Å². The SMILES string of the molecule is O=C(NCCS(=O)(=O)N1CCSCC1)c1cc2ccccc2c(=O)s1. The van der Waals surface area contributed by atoms with E-state index >= 15 is 0 Å². The van der Waals surface area contributed by atoms with Crippen molar-refractivity contribution in [2.45, 2.75) is 0 Å². The van der Waals surface area contributed by atoms with Gasteiger partial charge in [-0.15, -0.1) is 0 Å². The Morgan fingerprint density at radius 3 is 2.68 bits per heavy atom. The van der Waals surface area contributed by atoms with Crippen LogP contribution in [-0.2, 0) is 10.0 Å². The van der Waals surface area contributed by atoms with Crippen LogP contribution in [0.5, 0.6) is 0 Å². The highest BCUT2D eigenvalue weighted by atomic mass is 32.2. The van der Waals surface area contributed by atoms with E-state index in [1.54, 1.807) is 42.1 Å². The number of carbonyl (C=O) groups is 1. The summed E-state index contributed by atoms with van der Waals surface area (Å²) in [5.41, 5.74) is 0. The molecule has 3 rings (SSSR count). The first kappa shape index (κ1) is 18.4. The van der Waals surface area contributed by atoms with Crippen molar-refractivity contribution in [2.24, 2.45) is 0 Å². The van der Waals surface area contributed by atoms with Crippen molar-refractivity contribution < 1.29 is 13.2 Å².